The topological polar surface area (TPSA) is 102 Å². The van der Waals surface area contributed by atoms with Crippen molar-refractivity contribution < 1.29 is 13.0 Å². The molecule has 2 aromatic rings. The maximum absolute atomic E-state index is 12.9. The van der Waals surface area contributed by atoms with Crippen LogP contribution in [0.3, 0.4) is 0 Å². The molecular formula is C13H18N4O3S. The number of rotatable bonds is 2. The minimum absolute atomic E-state index is 0.00606. The molecule has 7 nitrogen and oxygen atoms in total. The van der Waals surface area contributed by atoms with Gasteiger partial charge in [-0.25, -0.2) is 13.0 Å². The highest BCUT2D eigenvalue weighted by Crippen LogP contribution is 2.32. The Morgan fingerprint density at radius 3 is 2.86 bits per heavy atom. The molecule has 0 spiro atoms. The zero-order valence-corrected chi connectivity index (χ0v) is 12.8. The maximum Gasteiger partial charge on any atom is 0.245 e. The summed E-state index contributed by atoms with van der Waals surface area (Å²) in [7, 11) is -3.64. The summed E-state index contributed by atoms with van der Waals surface area (Å²) >= 11 is 0. The van der Waals surface area contributed by atoms with E-state index in [0.717, 1.165) is 0 Å². The number of hydrogen-bond donors (Lipinski definition) is 1. The Morgan fingerprint density at radius 2 is 2.14 bits per heavy atom. The molecule has 1 saturated heterocycles. The molecule has 8 heteroatoms. The third kappa shape index (κ3) is 2.33. The van der Waals surface area contributed by atoms with Crippen molar-refractivity contribution in [3.05, 3.63) is 18.2 Å². The molecule has 0 amide bonds. The molecule has 3 rings (SSSR count). The molecule has 1 aliphatic rings. The highest BCUT2D eigenvalue weighted by molar-refractivity contribution is 7.89. The summed E-state index contributed by atoms with van der Waals surface area (Å²) in [5.41, 5.74) is 6.51. The Balaban J connectivity index is 2.03. The van der Waals surface area contributed by atoms with Crippen LogP contribution in [0.15, 0.2) is 27.7 Å². The monoisotopic (exact) mass is 310 g/mol. The van der Waals surface area contributed by atoms with E-state index < -0.39 is 10.0 Å². The maximum atomic E-state index is 12.9. The first-order valence-corrected chi connectivity index (χ1v) is 8.23. The van der Waals surface area contributed by atoms with Crippen LogP contribution in [0.25, 0.3) is 11.0 Å². The molecule has 21 heavy (non-hydrogen) atoms. The third-order valence-electron chi connectivity index (χ3n) is 4.14. The van der Waals surface area contributed by atoms with E-state index in [1.54, 1.807) is 12.1 Å². The van der Waals surface area contributed by atoms with Crippen molar-refractivity contribution in [2.75, 3.05) is 13.1 Å². The highest BCUT2D eigenvalue weighted by Gasteiger charge is 2.39. The lowest BCUT2D eigenvalue weighted by molar-refractivity contribution is 0.155. The Bertz CT molecular complexity index is 769. The third-order valence-corrected chi connectivity index (χ3v) is 6.02. The van der Waals surface area contributed by atoms with Gasteiger partial charge in [-0.2, -0.15) is 4.31 Å². The number of fused-ring (bicyclic) bond motifs is 1. The van der Waals surface area contributed by atoms with Crippen LogP contribution in [0, 0.1) is 5.41 Å². The molecule has 2 N–H and O–H groups in total. The predicted molar refractivity (Wildman–Crippen MR) is 76.9 cm³/mol. The number of nitrogens with zero attached hydrogens (tertiary/aromatic N) is 3. The molecule has 114 valence electrons. The van der Waals surface area contributed by atoms with Gasteiger partial charge in [0.05, 0.1) is 0 Å². The van der Waals surface area contributed by atoms with E-state index in [0.29, 0.717) is 25.0 Å². The van der Waals surface area contributed by atoms with Gasteiger partial charge in [-0.1, -0.05) is 19.9 Å². The first kappa shape index (κ1) is 14.4. The van der Waals surface area contributed by atoms with Crippen molar-refractivity contribution in [2.24, 2.45) is 11.1 Å². The predicted octanol–water partition coefficient (Wildman–Crippen LogP) is 0.971. The minimum Gasteiger partial charge on any atom is -0.327 e. The molecule has 1 aromatic heterocycles. The lowest BCUT2D eigenvalue weighted by Crippen LogP contribution is -2.53. The summed E-state index contributed by atoms with van der Waals surface area (Å²) in [6, 6.07) is 4.83. The fraction of sp³-hybridized carbons (Fsp3) is 0.538. The molecule has 1 unspecified atom stereocenters. The lowest BCUT2D eigenvalue weighted by atomic mass is 9.81. The second kappa shape index (κ2) is 4.75. The number of aromatic nitrogens is 2. The standard InChI is InChI=1S/C13H18N4O3S/c1-13(2)8-17(7-6-11(13)14)21(18,19)10-5-3-4-9-12(10)16-20-15-9/h3-5,11H,6-8,14H2,1-2H3. The molecular weight excluding hydrogens is 292 g/mol. The van der Waals surface area contributed by atoms with E-state index >= 15 is 0 Å². The smallest absolute Gasteiger partial charge is 0.245 e. The van der Waals surface area contributed by atoms with Gasteiger partial charge in [-0.3, -0.25) is 0 Å². The average Bonchev–Trinajstić information content (AvgIpc) is 2.89. The zero-order valence-electron chi connectivity index (χ0n) is 12.0. The van der Waals surface area contributed by atoms with Crippen molar-refractivity contribution in [2.45, 2.75) is 31.2 Å². The van der Waals surface area contributed by atoms with Gasteiger partial charge < -0.3 is 5.73 Å². The van der Waals surface area contributed by atoms with Gasteiger partial charge >= 0.3 is 0 Å². The normalized spacial score (nSPS) is 23.5. The van der Waals surface area contributed by atoms with E-state index in [1.807, 2.05) is 13.8 Å². The second-order valence-corrected chi connectivity index (χ2v) is 8.02. The van der Waals surface area contributed by atoms with Crippen LogP contribution in [0.1, 0.15) is 20.3 Å². The summed E-state index contributed by atoms with van der Waals surface area (Å²) in [5.74, 6) is 0. The summed E-state index contributed by atoms with van der Waals surface area (Å²) in [6.07, 6.45) is 0.638. The Morgan fingerprint density at radius 1 is 1.38 bits per heavy atom. The Labute approximate surface area is 123 Å². The number of nitrogens with two attached hydrogens (primary N) is 1. The molecule has 0 aliphatic carbocycles. The number of benzene rings is 1. The van der Waals surface area contributed by atoms with Crippen molar-refractivity contribution in [3.63, 3.8) is 0 Å². The quantitative estimate of drug-likeness (QED) is 0.886. The van der Waals surface area contributed by atoms with Gasteiger partial charge in [0.2, 0.25) is 10.0 Å². The SMILES string of the molecule is CC1(C)CN(S(=O)(=O)c2cccc3nonc23)CCC1N. The van der Waals surface area contributed by atoms with Crippen LogP contribution in [0.4, 0.5) is 0 Å². The van der Waals surface area contributed by atoms with Crippen LogP contribution in [-0.2, 0) is 10.0 Å². The first-order valence-electron chi connectivity index (χ1n) is 6.79. The van der Waals surface area contributed by atoms with E-state index in [2.05, 4.69) is 14.9 Å². The molecule has 1 atom stereocenters. The van der Waals surface area contributed by atoms with Gasteiger partial charge in [0.15, 0.2) is 5.52 Å². The second-order valence-electron chi connectivity index (χ2n) is 6.11. The van der Waals surface area contributed by atoms with Crippen LogP contribution in [0.2, 0.25) is 0 Å². The summed E-state index contributed by atoms with van der Waals surface area (Å²) in [4.78, 5) is 0.132. The van der Waals surface area contributed by atoms with Gasteiger partial charge in [0, 0.05) is 19.1 Å². The van der Waals surface area contributed by atoms with Crippen LogP contribution < -0.4 is 5.73 Å². The summed E-state index contributed by atoms with van der Waals surface area (Å²) in [5, 5.41) is 7.40. The minimum atomic E-state index is -3.64. The van der Waals surface area contributed by atoms with Crippen molar-refractivity contribution >= 4 is 21.1 Å². The van der Waals surface area contributed by atoms with E-state index in [-0.39, 0.29) is 21.9 Å². The van der Waals surface area contributed by atoms with Crippen molar-refractivity contribution in [1.82, 2.24) is 14.6 Å². The van der Waals surface area contributed by atoms with E-state index in [1.165, 1.54) is 10.4 Å². The van der Waals surface area contributed by atoms with Gasteiger partial charge in [0.1, 0.15) is 10.4 Å². The van der Waals surface area contributed by atoms with Crippen LogP contribution in [-0.4, -0.2) is 42.2 Å². The fourth-order valence-electron chi connectivity index (χ4n) is 2.66. The first-order chi connectivity index (χ1) is 9.82. The largest absolute Gasteiger partial charge is 0.327 e. The molecule has 2 heterocycles. The van der Waals surface area contributed by atoms with Gasteiger partial charge in [-0.15, -0.1) is 0 Å². The molecule has 1 fully saturated rings. The van der Waals surface area contributed by atoms with Crippen molar-refractivity contribution in [1.29, 1.82) is 0 Å². The Kier molecular flexibility index (Phi) is 3.27. The summed E-state index contributed by atoms with van der Waals surface area (Å²) < 4.78 is 31.9. The van der Waals surface area contributed by atoms with Gasteiger partial charge in [0.25, 0.3) is 0 Å². The number of piperidine rings is 1. The highest BCUT2D eigenvalue weighted by atomic mass is 32.2. The van der Waals surface area contributed by atoms with Gasteiger partial charge in [-0.05, 0) is 34.3 Å². The number of sulfonamides is 1. The lowest BCUT2D eigenvalue weighted by Gasteiger charge is -2.41. The molecule has 1 aliphatic heterocycles. The Hall–Kier alpha value is -1.51. The van der Waals surface area contributed by atoms with Crippen LogP contribution >= 0.6 is 0 Å². The summed E-state index contributed by atoms with van der Waals surface area (Å²) in [6.45, 7) is 4.77. The molecule has 1 aromatic carbocycles. The van der Waals surface area contributed by atoms with E-state index in [4.69, 9.17) is 5.73 Å². The fourth-order valence-corrected chi connectivity index (χ4v) is 4.42. The molecule has 0 radical (unpaired) electrons. The number of hydrogen-bond acceptors (Lipinski definition) is 6. The van der Waals surface area contributed by atoms with Crippen LogP contribution in [0.5, 0.6) is 0 Å². The molecule has 0 bridgehead atoms. The van der Waals surface area contributed by atoms with E-state index in [9.17, 15) is 8.42 Å². The molecule has 0 saturated carbocycles. The zero-order chi connectivity index (χ0) is 15.3. The van der Waals surface area contributed by atoms with Crippen molar-refractivity contribution in [3.8, 4) is 0 Å². The average molecular weight is 310 g/mol.